The smallest absolute Gasteiger partial charge is 0.228 e. The molecule has 1 amide bonds. The number of hydrogen-bond donors (Lipinski definition) is 1. The van der Waals surface area contributed by atoms with E-state index in [4.69, 9.17) is 15.2 Å². The number of carbonyl (C=O) groups is 1. The van der Waals surface area contributed by atoms with Gasteiger partial charge in [0.15, 0.2) is 17.3 Å². The van der Waals surface area contributed by atoms with Crippen molar-refractivity contribution in [1.82, 2.24) is 19.8 Å². The third-order valence-electron chi connectivity index (χ3n) is 6.72. The molecule has 0 radical (unpaired) electrons. The SMILES string of the molecule is COc1cc2c(N)nc(N3CCN(C(=O)C[C@@H]4CCCN4CC(C)C)CC3)nc2c(F)c1OC. The minimum Gasteiger partial charge on any atom is -0.493 e. The van der Waals surface area contributed by atoms with Crippen molar-refractivity contribution in [3.8, 4) is 11.5 Å². The monoisotopic (exact) mass is 474 g/mol. The van der Waals surface area contributed by atoms with E-state index in [9.17, 15) is 4.79 Å². The second-order valence-corrected chi connectivity index (χ2v) is 9.49. The zero-order valence-corrected chi connectivity index (χ0v) is 20.5. The van der Waals surface area contributed by atoms with Gasteiger partial charge >= 0.3 is 0 Å². The lowest BCUT2D eigenvalue weighted by Crippen LogP contribution is -2.50. The van der Waals surface area contributed by atoms with Gasteiger partial charge in [0, 0.05) is 50.6 Å². The summed E-state index contributed by atoms with van der Waals surface area (Å²) in [5, 5.41) is 0.371. The van der Waals surface area contributed by atoms with Crippen LogP contribution in [0.3, 0.4) is 0 Å². The van der Waals surface area contributed by atoms with Crippen LogP contribution in [0.2, 0.25) is 0 Å². The molecule has 2 aliphatic heterocycles. The van der Waals surface area contributed by atoms with E-state index in [1.807, 2.05) is 9.80 Å². The Kier molecular flexibility index (Phi) is 7.25. The fourth-order valence-corrected chi connectivity index (χ4v) is 5.00. The molecule has 9 nitrogen and oxygen atoms in total. The molecule has 186 valence electrons. The number of benzene rings is 1. The average Bonchev–Trinajstić information content (AvgIpc) is 3.24. The van der Waals surface area contributed by atoms with E-state index in [0.29, 0.717) is 55.9 Å². The molecule has 1 aromatic heterocycles. The molecule has 0 saturated carbocycles. The number of nitrogen functional groups attached to an aromatic ring is 1. The largest absolute Gasteiger partial charge is 0.493 e. The van der Waals surface area contributed by atoms with Crippen molar-refractivity contribution in [2.45, 2.75) is 39.2 Å². The molecule has 2 fully saturated rings. The lowest BCUT2D eigenvalue weighted by Gasteiger charge is -2.36. The third-order valence-corrected chi connectivity index (χ3v) is 6.72. The number of ether oxygens (including phenoxy) is 2. The molecule has 10 heteroatoms. The van der Waals surface area contributed by atoms with Crippen molar-refractivity contribution in [3.63, 3.8) is 0 Å². The summed E-state index contributed by atoms with van der Waals surface area (Å²) >= 11 is 0. The van der Waals surface area contributed by atoms with Gasteiger partial charge < -0.3 is 25.0 Å². The number of amides is 1. The normalized spacial score (nSPS) is 19.3. The summed E-state index contributed by atoms with van der Waals surface area (Å²) in [4.78, 5) is 28.2. The molecule has 0 spiro atoms. The summed E-state index contributed by atoms with van der Waals surface area (Å²) in [7, 11) is 2.81. The predicted octanol–water partition coefficient (Wildman–Crippen LogP) is 2.53. The van der Waals surface area contributed by atoms with Crippen LogP contribution in [0, 0.1) is 11.7 Å². The maximum atomic E-state index is 15.1. The summed E-state index contributed by atoms with van der Waals surface area (Å²) < 4.78 is 25.5. The van der Waals surface area contributed by atoms with Crippen molar-refractivity contribution < 1.29 is 18.7 Å². The van der Waals surface area contributed by atoms with E-state index in [1.165, 1.54) is 14.2 Å². The Balaban J connectivity index is 1.44. The van der Waals surface area contributed by atoms with E-state index in [2.05, 4.69) is 28.7 Å². The number of rotatable bonds is 7. The van der Waals surface area contributed by atoms with Crippen LogP contribution in [0.4, 0.5) is 16.2 Å². The molecule has 2 N–H and O–H groups in total. The number of fused-ring (bicyclic) bond motifs is 1. The van der Waals surface area contributed by atoms with Crippen LogP contribution in [0.1, 0.15) is 33.1 Å². The Morgan fingerprint density at radius 2 is 1.91 bits per heavy atom. The number of piperazine rings is 1. The number of nitrogens with zero attached hydrogens (tertiary/aromatic N) is 5. The van der Waals surface area contributed by atoms with Gasteiger partial charge in [0.05, 0.1) is 14.2 Å². The molecule has 2 saturated heterocycles. The van der Waals surface area contributed by atoms with Gasteiger partial charge in [-0.25, -0.2) is 9.37 Å². The molecule has 0 unspecified atom stereocenters. The molecule has 2 aromatic rings. The maximum absolute atomic E-state index is 15.1. The Hall–Kier alpha value is -2.88. The molecule has 2 aliphatic rings. The van der Waals surface area contributed by atoms with Crippen LogP contribution < -0.4 is 20.1 Å². The molecular formula is C24H35FN6O3. The number of likely N-dealkylation sites (tertiary alicyclic amines) is 1. The first-order valence-electron chi connectivity index (χ1n) is 12.0. The second kappa shape index (κ2) is 10.2. The van der Waals surface area contributed by atoms with Gasteiger partial charge in [-0.15, -0.1) is 0 Å². The molecule has 0 bridgehead atoms. The van der Waals surface area contributed by atoms with E-state index in [1.54, 1.807) is 6.07 Å². The molecule has 3 heterocycles. The van der Waals surface area contributed by atoms with E-state index < -0.39 is 5.82 Å². The molecule has 0 aliphatic carbocycles. The number of aromatic nitrogens is 2. The number of nitrogens with two attached hydrogens (primary N) is 1. The predicted molar refractivity (Wildman–Crippen MR) is 130 cm³/mol. The van der Waals surface area contributed by atoms with Gasteiger partial charge in [-0.1, -0.05) is 13.8 Å². The van der Waals surface area contributed by atoms with Gasteiger partial charge in [-0.2, -0.15) is 4.98 Å². The van der Waals surface area contributed by atoms with Crippen molar-refractivity contribution in [1.29, 1.82) is 0 Å². The average molecular weight is 475 g/mol. The number of hydrogen-bond acceptors (Lipinski definition) is 8. The molecular weight excluding hydrogens is 439 g/mol. The molecule has 1 aromatic carbocycles. The van der Waals surface area contributed by atoms with Gasteiger partial charge in [-0.3, -0.25) is 9.69 Å². The third kappa shape index (κ3) is 4.82. The Morgan fingerprint density at radius 3 is 2.56 bits per heavy atom. The van der Waals surface area contributed by atoms with Crippen molar-refractivity contribution in [2.75, 3.05) is 64.1 Å². The van der Waals surface area contributed by atoms with Crippen LogP contribution in [0.5, 0.6) is 11.5 Å². The molecule has 34 heavy (non-hydrogen) atoms. The Labute approximate surface area is 200 Å². The van der Waals surface area contributed by atoms with Gasteiger partial charge in [-0.05, 0) is 31.4 Å². The summed E-state index contributed by atoms with van der Waals surface area (Å²) in [6, 6.07) is 1.92. The Bertz CT molecular complexity index is 1040. The zero-order chi connectivity index (χ0) is 24.4. The van der Waals surface area contributed by atoms with Crippen LogP contribution in [-0.4, -0.2) is 85.2 Å². The van der Waals surface area contributed by atoms with Gasteiger partial charge in [0.2, 0.25) is 11.9 Å². The van der Waals surface area contributed by atoms with Crippen LogP contribution in [-0.2, 0) is 4.79 Å². The number of anilines is 2. The van der Waals surface area contributed by atoms with Crippen molar-refractivity contribution in [2.24, 2.45) is 5.92 Å². The first-order chi connectivity index (χ1) is 16.3. The first-order valence-corrected chi connectivity index (χ1v) is 12.0. The number of methoxy groups -OCH3 is 2. The minimum absolute atomic E-state index is 0.0205. The highest BCUT2D eigenvalue weighted by atomic mass is 19.1. The molecule has 1 atom stereocenters. The van der Waals surface area contributed by atoms with Gasteiger partial charge in [0.25, 0.3) is 0 Å². The fraction of sp³-hybridized carbons (Fsp3) is 0.625. The highest BCUT2D eigenvalue weighted by Crippen LogP contribution is 2.37. The topological polar surface area (TPSA) is 97.0 Å². The maximum Gasteiger partial charge on any atom is 0.228 e. The van der Waals surface area contributed by atoms with Crippen LogP contribution in [0.15, 0.2) is 6.07 Å². The summed E-state index contributed by atoms with van der Waals surface area (Å²) in [5.41, 5.74) is 6.24. The van der Waals surface area contributed by atoms with Crippen molar-refractivity contribution >= 4 is 28.6 Å². The minimum atomic E-state index is -0.636. The van der Waals surface area contributed by atoms with Crippen LogP contribution >= 0.6 is 0 Å². The lowest BCUT2D eigenvalue weighted by atomic mass is 10.1. The van der Waals surface area contributed by atoms with E-state index in [0.717, 1.165) is 25.9 Å². The van der Waals surface area contributed by atoms with E-state index >= 15 is 4.39 Å². The lowest BCUT2D eigenvalue weighted by molar-refractivity contribution is -0.132. The zero-order valence-electron chi connectivity index (χ0n) is 20.5. The second-order valence-electron chi connectivity index (χ2n) is 9.49. The highest BCUT2D eigenvalue weighted by Gasteiger charge is 2.30. The Morgan fingerprint density at radius 1 is 1.18 bits per heavy atom. The van der Waals surface area contributed by atoms with E-state index in [-0.39, 0.29) is 28.7 Å². The summed E-state index contributed by atoms with van der Waals surface area (Å²) in [5.74, 6) is 0.891. The summed E-state index contributed by atoms with van der Waals surface area (Å²) in [6.07, 6.45) is 2.81. The van der Waals surface area contributed by atoms with Gasteiger partial charge in [0.1, 0.15) is 11.3 Å². The first kappa shape index (κ1) is 24.3. The highest BCUT2D eigenvalue weighted by molar-refractivity contribution is 5.92. The standard InChI is InChI=1S/C24H35FN6O3/c1-15(2)14-31-7-5-6-16(31)12-19(32)29-8-10-30(11-9-29)24-27-21-17(23(26)28-24)13-18(33-3)22(34-4)20(21)25/h13,15-16H,5-12,14H2,1-4H3,(H2,26,27,28)/t16-/m0/s1. The van der Waals surface area contributed by atoms with Crippen molar-refractivity contribution in [3.05, 3.63) is 11.9 Å². The fourth-order valence-electron chi connectivity index (χ4n) is 5.00. The molecule has 4 rings (SSSR count). The number of carbonyl (C=O) groups excluding carboxylic acids is 1. The summed E-state index contributed by atoms with van der Waals surface area (Å²) in [6.45, 7) is 8.83. The quantitative estimate of drug-likeness (QED) is 0.654. The van der Waals surface area contributed by atoms with Crippen LogP contribution in [0.25, 0.3) is 10.9 Å². The number of halogens is 1.